The van der Waals surface area contributed by atoms with Gasteiger partial charge in [-0.25, -0.2) is 0 Å². The summed E-state index contributed by atoms with van der Waals surface area (Å²) in [5.41, 5.74) is 0.519. The first-order valence-electron chi connectivity index (χ1n) is 5.63. The molecule has 0 aliphatic heterocycles. The predicted octanol–water partition coefficient (Wildman–Crippen LogP) is 3.54. The summed E-state index contributed by atoms with van der Waals surface area (Å²) in [4.78, 5) is 9.86. The minimum absolute atomic E-state index is 0.261. The van der Waals surface area contributed by atoms with Crippen LogP contribution in [0.2, 0.25) is 0 Å². The van der Waals surface area contributed by atoms with E-state index in [0.29, 0.717) is 5.69 Å². The van der Waals surface area contributed by atoms with Gasteiger partial charge in [0.15, 0.2) is 5.11 Å². The molecular formula is C13H10FN3O2S. The van der Waals surface area contributed by atoms with Gasteiger partial charge in [0.2, 0.25) is 5.82 Å². The van der Waals surface area contributed by atoms with Crippen LogP contribution in [0.4, 0.5) is 21.5 Å². The molecule has 5 nitrogen and oxygen atoms in total. The Labute approximate surface area is 119 Å². The fraction of sp³-hybridized carbons (Fsp3) is 0. The number of nitro benzene ring substituents is 1. The lowest BCUT2D eigenvalue weighted by Crippen LogP contribution is -2.19. The maximum absolute atomic E-state index is 13.2. The average Bonchev–Trinajstić information content (AvgIpc) is 2.41. The van der Waals surface area contributed by atoms with Crippen LogP contribution in [0.15, 0.2) is 48.5 Å². The summed E-state index contributed by atoms with van der Waals surface area (Å²) < 4.78 is 13.2. The number of nitrogens with zero attached hydrogens (tertiary/aromatic N) is 1. The first kappa shape index (κ1) is 13.9. The maximum atomic E-state index is 13.2. The first-order chi connectivity index (χ1) is 9.56. The predicted molar refractivity (Wildman–Crippen MR) is 79.3 cm³/mol. The van der Waals surface area contributed by atoms with Crippen LogP contribution < -0.4 is 10.6 Å². The molecule has 0 aliphatic carbocycles. The lowest BCUT2D eigenvalue weighted by Gasteiger charge is -2.10. The van der Waals surface area contributed by atoms with Gasteiger partial charge >= 0.3 is 5.69 Å². The van der Waals surface area contributed by atoms with Crippen molar-refractivity contribution >= 4 is 34.4 Å². The molecule has 0 saturated heterocycles. The highest BCUT2D eigenvalue weighted by Crippen LogP contribution is 2.21. The minimum atomic E-state index is -0.887. The summed E-state index contributed by atoms with van der Waals surface area (Å²) >= 11 is 5.07. The van der Waals surface area contributed by atoms with Crippen molar-refractivity contribution in [2.24, 2.45) is 0 Å². The van der Waals surface area contributed by atoms with Crippen molar-refractivity contribution < 1.29 is 9.31 Å². The van der Waals surface area contributed by atoms with Gasteiger partial charge in [0.25, 0.3) is 0 Å². The third-order valence-corrected chi connectivity index (χ3v) is 2.64. The van der Waals surface area contributed by atoms with E-state index in [0.717, 1.165) is 17.8 Å². The van der Waals surface area contributed by atoms with Gasteiger partial charge in [-0.15, -0.1) is 0 Å². The van der Waals surface area contributed by atoms with Crippen LogP contribution in [0.3, 0.4) is 0 Å². The van der Waals surface area contributed by atoms with Crippen molar-refractivity contribution in [2.75, 3.05) is 10.6 Å². The molecule has 7 heteroatoms. The van der Waals surface area contributed by atoms with E-state index in [-0.39, 0.29) is 5.11 Å². The van der Waals surface area contributed by atoms with Gasteiger partial charge < -0.3 is 10.6 Å². The number of nitrogens with one attached hydrogen (secondary N) is 2. The highest BCUT2D eigenvalue weighted by Gasteiger charge is 2.14. The Hall–Kier alpha value is -2.54. The number of benzene rings is 2. The number of halogens is 1. The van der Waals surface area contributed by atoms with E-state index in [2.05, 4.69) is 10.6 Å². The third kappa shape index (κ3) is 3.48. The van der Waals surface area contributed by atoms with Crippen molar-refractivity contribution in [1.29, 1.82) is 0 Å². The molecule has 20 heavy (non-hydrogen) atoms. The maximum Gasteiger partial charge on any atom is 0.306 e. The van der Waals surface area contributed by atoms with Gasteiger partial charge in [-0.2, -0.15) is 4.39 Å². The molecule has 2 N–H and O–H groups in total. The largest absolute Gasteiger partial charge is 0.332 e. The van der Waals surface area contributed by atoms with E-state index in [9.17, 15) is 14.5 Å². The summed E-state index contributed by atoms with van der Waals surface area (Å²) in [6, 6.07) is 12.7. The van der Waals surface area contributed by atoms with Crippen LogP contribution in [0.1, 0.15) is 0 Å². The smallest absolute Gasteiger partial charge is 0.306 e. The summed E-state index contributed by atoms with van der Waals surface area (Å²) in [5, 5.41) is 16.6. The Balaban J connectivity index is 2.08. The Morgan fingerprint density at radius 3 is 2.40 bits per heavy atom. The molecule has 2 aromatic carbocycles. The Morgan fingerprint density at radius 2 is 1.75 bits per heavy atom. The fourth-order valence-corrected chi connectivity index (χ4v) is 1.78. The number of para-hydroxylation sites is 1. The number of anilines is 2. The number of thiocarbonyl (C=S) groups is 1. The summed E-state index contributed by atoms with van der Waals surface area (Å²) in [5.74, 6) is -0.887. The highest BCUT2D eigenvalue weighted by molar-refractivity contribution is 7.80. The van der Waals surface area contributed by atoms with Gasteiger partial charge in [-0.1, -0.05) is 18.2 Å². The molecule has 0 spiro atoms. The van der Waals surface area contributed by atoms with E-state index in [1.165, 1.54) is 6.07 Å². The van der Waals surface area contributed by atoms with Gasteiger partial charge in [-0.05, 0) is 36.5 Å². The van der Waals surface area contributed by atoms with Crippen molar-refractivity contribution in [3.05, 3.63) is 64.5 Å². The molecule has 0 radical (unpaired) electrons. The van der Waals surface area contributed by atoms with Crippen molar-refractivity contribution in [3.63, 3.8) is 0 Å². The number of nitro groups is 1. The van der Waals surface area contributed by atoms with Gasteiger partial charge in [0.05, 0.1) is 4.92 Å². The molecule has 0 bridgehead atoms. The van der Waals surface area contributed by atoms with E-state index < -0.39 is 16.4 Å². The zero-order chi connectivity index (χ0) is 14.5. The van der Waals surface area contributed by atoms with Crippen molar-refractivity contribution in [2.45, 2.75) is 0 Å². The summed E-state index contributed by atoms with van der Waals surface area (Å²) in [6.07, 6.45) is 0. The molecule has 0 aliphatic rings. The van der Waals surface area contributed by atoms with E-state index in [1.54, 1.807) is 0 Å². The second-order valence-corrected chi connectivity index (χ2v) is 4.28. The third-order valence-electron chi connectivity index (χ3n) is 2.43. The second-order valence-electron chi connectivity index (χ2n) is 3.87. The zero-order valence-electron chi connectivity index (χ0n) is 10.2. The summed E-state index contributed by atoms with van der Waals surface area (Å²) in [7, 11) is 0. The second kappa shape index (κ2) is 6.07. The van der Waals surface area contributed by atoms with Gasteiger partial charge in [-0.3, -0.25) is 10.1 Å². The molecule has 0 aromatic heterocycles. The summed E-state index contributed by atoms with van der Waals surface area (Å²) in [6.45, 7) is 0. The number of hydrogen-bond acceptors (Lipinski definition) is 3. The molecule has 2 aromatic rings. The molecule has 102 valence electrons. The topological polar surface area (TPSA) is 67.2 Å². The molecule has 0 amide bonds. The molecule has 0 unspecified atom stereocenters. The molecular weight excluding hydrogens is 281 g/mol. The Bertz CT molecular complexity index is 649. The normalized spacial score (nSPS) is 9.85. The van der Waals surface area contributed by atoms with Crippen LogP contribution in [0.25, 0.3) is 0 Å². The van der Waals surface area contributed by atoms with Gasteiger partial charge in [0.1, 0.15) is 0 Å². The van der Waals surface area contributed by atoms with Crippen molar-refractivity contribution in [1.82, 2.24) is 0 Å². The van der Waals surface area contributed by atoms with E-state index in [1.807, 2.05) is 30.3 Å². The van der Waals surface area contributed by atoms with Crippen LogP contribution in [-0.4, -0.2) is 10.0 Å². The van der Waals surface area contributed by atoms with Crippen LogP contribution in [0.5, 0.6) is 0 Å². The monoisotopic (exact) mass is 291 g/mol. The quantitative estimate of drug-likeness (QED) is 0.514. The van der Waals surface area contributed by atoms with Crippen LogP contribution in [-0.2, 0) is 0 Å². The molecule has 0 fully saturated rings. The Morgan fingerprint density at radius 1 is 1.10 bits per heavy atom. The van der Waals surface area contributed by atoms with Gasteiger partial charge in [0, 0.05) is 17.4 Å². The van der Waals surface area contributed by atoms with Crippen molar-refractivity contribution in [3.8, 4) is 0 Å². The average molecular weight is 291 g/mol. The zero-order valence-corrected chi connectivity index (χ0v) is 11.0. The first-order valence-corrected chi connectivity index (χ1v) is 6.04. The molecule has 0 saturated carbocycles. The molecule has 0 heterocycles. The van der Waals surface area contributed by atoms with E-state index in [4.69, 9.17) is 12.2 Å². The lowest BCUT2D eigenvalue weighted by atomic mass is 10.2. The van der Waals surface area contributed by atoms with E-state index >= 15 is 0 Å². The number of rotatable bonds is 3. The lowest BCUT2D eigenvalue weighted by molar-refractivity contribution is -0.387. The Kier molecular flexibility index (Phi) is 4.21. The SMILES string of the molecule is O=[N+]([O-])c1cc(NC(=S)Nc2ccccc2)ccc1F. The molecule has 2 rings (SSSR count). The van der Waals surface area contributed by atoms with Crippen LogP contribution >= 0.6 is 12.2 Å². The molecule has 0 atom stereocenters. The minimum Gasteiger partial charge on any atom is -0.332 e. The van der Waals surface area contributed by atoms with Crippen LogP contribution in [0, 0.1) is 15.9 Å². The fourth-order valence-electron chi connectivity index (χ4n) is 1.55. The number of hydrogen-bond donors (Lipinski definition) is 2. The standard InChI is InChI=1S/C13H10FN3O2S/c14-11-7-6-10(8-12(11)17(18)19)16-13(20)15-9-4-2-1-3-5-9/h1-8H,(H2,15,16,20). The highest BCUT2D eigenvalue weighted by atomic mass is 32.1.